The maximum Gasteiger partial charge on any atom is 0.232 e. The fourth-order valence-electron chi connectivity index (χ4n) is 5.49. The molecule has 4 fully saturated rings. The van der Waals surface area contributed by atoms with Crippen molar-refractivity contribution in [3.63, 3.8) is 0 Å². The predicted molar refractivity (Wildman–Crippen MR) is 94.6 cm³/mol. The molecule has 4 aliphatic rings. The van der Waals surface area contributed by atoms with Gasteiger partial charge in [-0.15, -0.1) is 0 Å². The van der Waals surface area contributed by atoms with E-state index < -0.39 is 0 Å². The number of carbonyl (C=O) groups excluding carboxylic acids is 1. The van der Waals surface area contributed by atoms with E-state index >= 15 is 0 Å². The van der Waals surface area contributed by atoms with E-state index in [1.165, 1.54) is 25.3 Å². The number of hydrogen-bond donors (Lipinski definition) is 2. The summed E-state index contributed by atoms with van der Waals surface area (Å²) >= 11 is 5.26. The van der Waals surface area contributed by atoms with Crippen LogP contribution in [-0.4, -0.2) is 11.0 Å². The van der Waals surface area contributed by atoms with E-state index in [9.17, 15) is 9.18 Å². The second-order valence-electron chi connectivity index (χ2n) is 7.93. The zero-order chi connectivity index (χ0) is 16.7. The molecule has 3 nitrogen and oxygen atoms in total. The number of thiocarbonyl (C=S) groups is 1. The molecule has 24 heavy (non-hydrogen) atoms. The standard InChI is InChI=1S/C19H23FN2OS/c20-16-4-2-1-3-15(16)11-21-18(24)22-17(23)19-8-12-5-13(9-19)7-14(6-12)10-19/h1-4,12-14H,5-11H2,(H2,21,22,23,24). The van der Waals surface area contributed by atoms with Crippen LogP contribution in [-0.2, 0) is 11.3 Å². The van der Waals surface area contributed by atoms with Crippen molar-refractivity contribution in [3.05, 3.63) is 35.6 Å². The van der Waals surface area contributed by atoms with Crippen LogP contribution in [0.5, 0.6) is 0 Å². The van der Waals surface area contributed by atoms with E-state index in [4.69, 9.17) is 12.2 Å². The van der Waals surface area contributed by atoms with Crippen LogP contribution in [0.3, 0.4) is 0 Å². The van der Waals surface area contributed by atoms with Crippen molar-refractivity contribution >= 4 is 23.2 Å². The maximum atomic E-state index is 13.6. The Balaban J connectivity index is 1.36. The van der Waals surface area contributed by atoms with Gasteiger partial charge in [0.05, 0.1) is 5.41 Å². The molecule has 0 atom stereocenters. The molecule has 0 saturated heterocycles. The monoisotopic (exact) mass is 346 g/mol. The Bertz CT molecular complexity index is 640. The van der Waals surface area contributed by atoms with Gasteiger partial charge >= 0.3 is 0 Å². The largest absolute Gasteiger partial charge is 0.358 e. The lowest BCUT2D eigenvalue weighted by molar-refractivity contribution is -0.144. The average molecular weight is 346 g/mol. The minimum absolute atomic E-state index is 0.0765. The first-order chi connectivity index (χ1) is 11.5. The lowest BCUT2D eigenvalue weighted by Gasteiger charge is -2.55. The van der Waals surface area contributed by atoms with Crippen molar-refractivity contribution in [2.45, 2.75) is 45.1 Å². The highest BCUT2D eigenvalue weighted by Gasteiger charge is 2.54. The number of amides is 1. The minimum atomic E-state index is -0.264. The van der Waals surface area contributed by atoms with Crippen molar-refractivity contribution in [3.8, 4) is 0 Å². The van der Waals surface area contributed by atoms with Gasteiger partial charge in [-0.3, -0.25) is 4.79 Å². The van der Waals surface area contributed by atoms with Crippen molar-refractivity contribution < 1.29 is 9.18 Å². The minimum Gasteiger partial charge on any atom is -0.358 e. The summed E-state index contributed by atoms with van der Waals surface area (Å²) in [6, 6.07) is 6.59. The highest BCUT2D eigenvalue weighted by atomic mass is 32.1. The molecule has 0 aromatic heterocycles. The summed E-state index contributed by atoms with van der Waals surface area (Å²) in [5.41, 5.74) is 0.335. The fraction of sp³-hybridized carbons (Fsp3) is 0.579. The normalized spacial score (nSPS) is 33.3. The molecule has 0 aliphatic heterocycles. The van der Waals surface area contributed by atoms with Crippen molar-refractivity contribution in [1.29, 1.82) is 0 Å². The number of hydrogen-bond acceptors (Lipinski definition) is 2. The van der Waals surface area contributed by atoms with Gasteiger partial charge in [0.1, 0.15) is 5.82 Å². The first-order valence-electron chi connectivity index (χ1n) is 8.87. The van der Waals surface area contributed by atoms with Gasteiger partial charge in [0.2, 0.25) is 5.91 Å². The number of nitrogens with one attached hydrogen (secondary N) is 2. The summed E-state index contributed by atoms with van der Waals surface area (Å²) < 4.78 is 13.6. The van der Waals surface area contributed by atoms with Gasteiger partial charge in [-0.05, 0) is 74.6 Å². The van der Waals surface area contributed by atoms with E-state index in [0.717, 1.165) is 37.0 Å². The smallest absolute Gasteiger partial charge is 0.232 e. The Hall–Kier alpha value is -1.49. The summed E-state index contributed by atoms with van der Waals surface area (Å²) in [7, 11) is 0. The molecule has 5 rings (SSSR count). The van der Waals surface area contributed by atoms with E-state index in [0.29, 0.717) is 10.7 Å². The second-order valence-corrected chi connectivity index (χ2v) is 8.33. The molecule has 1 amide bonds. The van der Waals surface area contributed by atoms with Crippen molar-refractivity contribution in [2.75, 3.05) is 0 Å². The Morgan fingerprint density at radius 3 is 2.29 bits per heavy atom. The van der Waals surface area contributed by atoms with Crippen LogP contribution >= 0.6 is 12.2 Å². The van der Waals surface area contributed by atoms with E-state index in [1.54, 1.807) is 18.2 Å². The third kappa shape index (κ3) is 2.94. The lowest BCUT2D eigenvalue weighted by atomic mass is 9.49. The first kappa shape index (κ1) is 16.0. The van der Waals surface area contributed by atoms with E-state index in [2.05, 4.69) is 10.6 Å². The third-order valence-electron chi connectivity index (χ3n) is 6.14. The molecule has 5 heteroatoms. The lowest BCUT2D eigenvalue weighted by Crippen LogP contribution is -2.55. The topological polar surface area (TPSA) is 41.1 Å². The highest BCUT2D eigenvalue weighted by molar-refractivity contribution is 7.80. The summed E-state index contributed by atoms with van der Waals surface area (Å²) in [6.45, 7) is 0.284. The molecule has 0 radical (unpaired) electrons. The summed E-state index contributed by atoms with van der Waals surface area (Å²) in [6.07, 6.45) is 6.97. The van der Waals surface area contributed by atoms with Crippen LogP contribution in [0.1, 0.15) is 44.1 Å². The molecular formula is C19H23FN2OS. The number of carbonyl (C=O) groups is 1. The number of rotatable bonds is 3. The van der Waals surface area contributed by atoms with Gasteiger partial charge in [0, 0.05) is 12.1 Å². The predicted octanol–water partition coefficient (Wildman–Crippen LogP) is 3.53. The molecule has 0 spiro atoms. The van der Waals surface area contributed by atoms with Crippen LogP contribution in [0.25, 0.3) is 0 Å². The SMILES string of the molecule is O=C(NC(=S)NCc1ccccc1F)C12CC3CC(CC(C3)C1)C2. The molecule has 128 valence electrons. The summed E-state index contributed by atoms with van der Waals surface area (Å²) in [5, 5.41) is 6.15. The molecule has 4 saturated carbocycles. The van der Waals surface area contributed by atoms with Crippen LogP contribution < -0.4 is 10.6 Å². The summed E-state index contributed by atoms with van der Waals surface area (Å²) in [5.74, 6) is 1.98. The molecule has 1 aromatic carbocycles. The van der Waals surface area contributed by atoms with Gasteiger partial charge < -0.3 is 10.6 Å². The number of benzene rings is 1. The van der Waals surface area contributed by atoms with Gasteiger partial charge in [0.15, 0.2) is 5.11 Å². The second kappa shape index (κ2) is 6.10. The Morgan fingerprint density at radius 1 is 1.12 bits per heavy atom. The van der Waals surface area contributed by atoms with Crippen LogP contribution in [0.4, 0.5) is 4.39 Å². The Labute approximate surface area is 147 Å². The summed E-state index contributed by atoms with van der Waals surface area (Å²) in [4.78, 5) is 12.9. The molecule has 4 aliphatic carbocycles. The first-order valence-corrected chi connectivity index (χ1v) is 9.27. The van der Waals surface area contributed by atoms with Gasteiger partial charge in [-0.25, -0.2) is 4.39 Å². The highest BCUT2D eigenvalue weighted by Crippen LogP contribution is 2.60. The fourth-order valence-corrected chi connectivity index (χ4v) is 5.65. The Kier molecular flexibility index (Phi) is 4.07. The van der Waals surface area contributed by atoms with Crippen molar-refractivity contribution in [2.24, 2.45) is 23.2 Å². The Morgan fingerprint density at radius 2 is 1.71 bits per heavy atom. The maximum absolute atomic E-state index is 13.6. The van der Waals surface area contributed by atoms with Gasteiger partial charge in [0.25, 0.3) is 0 Å². The third-order valence-corrected chi connectivity index (χ3v) is 6.39. The van der Waals surface area contributed by atoms with Crippen LogP contribution in [0.2, 0.25) is 0 Å². The molecule has 1 aromatic rings. The molecular weight excluding hydrogens is 323 g/mol. The molecule has 0 heterocycles. The van der Waals surface area contributed by atoms with E-state index in [1.807, 2.05) is 0 Å². The van der Waals surface area contributed by atoms with Gasteiger partial charge in [-0.2, -0.15) is 0 Å². The van der Waals surface area contributed by atoms with Gasteiger partial charge in [-0.1, -0.05) is 18.2 Å². The van der Waals surface area contributed by atoms with Crippen LogP contribution in [0, 0.1) is 29.0 Å². The molecule has 2 N–H and O–H groups in total. The zero-order valence-corrected chi connectivity index (χ0v) is 14.5. The van der Waals surface area contributed by atoms with Crippen molar-refractivity contribution in [1.82, 2.24) is 10.6 Å². The quantitative estimate of drug-likeness (QED) is 0.823. The molecule has 0 unspecified atom stereocenters. The van der Waals surface area contributed by atoms with E-state index in [-0.39, 0.29) is 23.7 Å². The zero-order valence-electron chi connectivity index (χ0n) is 13.7. The molecule has 4 bridgehead atoms. The number of halogens is 1. The average Bonchev–Trinajstić information content (AvgIpc) is 2.53. The van der Waals surface area contributed by atoms with Crippen LogP contribution in [0.15, 0.2) is 24.3 Å².